The van der Waals surface area contributed by atoms with Gasteiger partial charge in [-0.1, -0.05) is 0 Å². The first-order chi connectivity index (χ1) is 17.0. The predicted octanol–water partition coefficient (Wildman–Crippen LogP) is 4.82. The first-order valence-corrected chi connectivity index (χ1v) is 12.6. The molecule has 182 valence electrons. The molecule has 3 aromatic rings. The number of thiazole rings is 1. The topological polar surface area (TPSA) is 90.0 Å². The molecule has 9 heteroatoms. The van der Waals surface area contributed by atoms with Gasteiger partial charge < -0.3 is 24.4 Å². The van der Waals surface area contributed by atoms with Crippen molar-refractivity contribution in [2.45, 2.75) is 32.8 Å². The van der Waals surface area contributed by atoms with Gasteiger partial charge in [0.1, 0.15) is 16.5 Å². The highest BCUT2D eigenvalue weighted by atomic mass is 32.1. The second kappa shape index (κ2) is 9.95. The molecule has 0 saturated carbocycles. The quantitative estimate of drug-likeness (QED) is 0.530. The van der Waals surface area contributed by atoms with Crippen LogP contribution in [0.4, 0.5) is 5.69 Å². The molecule has 5 rings (SSSR count). The summed E-state index contributed by atoms with van der Waals surface area (Å²) < 4.78 is 16.4. The summed E-state index contributed by atoms with van der Waals surface area (Å²) in [7, 11) is 0. The molecule has 1 fully saturated rings. The van der Waals surface area contributed by atoms with Gasteiger partial charge in [0.05, 0.1) is 6.10 Å². The van der Waals surface area contributed by atoms with Crippen LogP contribution < -0.4 is 19.5 Å². The summed E-state index contributed by atoms with van der Waals surface area (Å²) in [5, 5.41) is 5.55. The van der Waals surface area contributed by atoms with Gasteiger partial charge in [0.25, 0.3) is 5.91 Å². The Hall–Kier alpha value is -3.59. The lowest BCUT2D eigenvalue weighted by Gasteiger charge is -2.30. The van der Waals surface area contributed by atoms with Crippen LogP contribution in [-0.4, -0.2) is 47.7 Å². The molecule has 2 aromatic carbocycles. The third-order valence-electron chi connectivity index (χ3n) is 5.99. The fourth-order valence-corrected chi connectivity index (χ4v) is 4.98. The minimum absolute atomic E-state index is 0.0446. The van der Waals surface area contributed by atoms with Crippen molar-refractivity contribution >= 4 is 28.8 Å². The van der Waals surface area contributed by atoms with Crippen LogP contribution in [0.5, 0.6) is 17.2 Å². The van der Waals surface area contributed by atoms with E-state index in [9.17, 15) is 9.59 Å². The van der Waals surface area contributed by atoms with Gasteiger partial charge in [0, 0.05) is 41.7 Å². The maximum atomic E-state index is 13.0. The summed E-state index contributed by atoms with van der Waals surface area (Å²) in [6.45, 7) is 5.21. The van der Waals surface area contributed by atoms with Crippen molar-refractivity contribution in [3.63, 3.8) is 0 Å². The highest BCUT2D eigenvalue weighted by molar-refractivity contribution is 7.13. The van der Waals surface area contributed by atoms with Crippen LogP contribution in [0, 0.1) is 5.92 Å². The van der Waals surface area contributed by atoms with E-state index in [-0.39, 0.29) is 30.6 Å². The third-order valence-corrected chi connectivity index (χ3v) is 6.88. The lowest BCUT2D eigenvalue weighted by Crippen LogP contribution is -2.41. The Balaban J connectivity index is 1.15. The summed E-state index contributed by atoms with van der Waals surface area (Å²) in [4.78, 5) is 32.1. The van der Waals surface area contributed by atoms with E-state index in [4.69, 9.17) is 14.2 Å². The molecule has 8 nitrogen and oxygen atoms in total. The van der Waals surface area contributed by atoms with E-state index in [1.165, 1.54) is 11.3 Å². The SMILES string of the molecule is CC(C)Oc1ccc(-c2nc(C(=O)N3CCC(C(=O)Nc4ccc5c(c4)OCO5)CC3)cs2)cc1. The Morgan fingerprint density at radius 3 is 2.57 bits per heavy atom. The zero-order valence-corrected chi connectivity index (χ0v) is 20.5. The number of carbonyl (C=O) groups is 2. The number of hydrogen-bond acceptors (Lipinski definition) is 7. The molecular formula is C26H27N3O5S. The summed E-state index contributed by atoms with van der Waals surface area (Å²) in [5.41, 5.74) is 2.07. The number of likely N-dealkylation sites (tertiary alicyclic amines) is 1. The minimum atomic E-state index is -0.151. The fourth-order valence-electron chi connectivity index (χ4n) is 4.18. The molecule has 0 aliphatic carbocycles. The standard InChI is InChI=1S/C26H27N3O5S/c1-16(2)34-20-6-3-18(4-7-20)25-28-21(14-35-25)26(31)29-11-9-17(10-12-29)24(30)27-19-5-8-22-23(13-19)33-15-32-22/h3-8,13-14,16-17H,9-12,15H2,1-2H3,(H,27,30). The fraction of sp³-hybridized carbons (Fsp3) is 0.346. The van der Waals surface area contributed by atoms with Gasteiger partial charge >= 0.3 is 0 Å². The smallest absolute Gasteiger partial charge is 0.273 e. The minimum Gasteiger partial charge on any atom is -0.491 e. The Morgan fingerprint density at radius 1 is 1.09 bits per heavy atom. The van der Waals surface area contributed by atoms with Crippen molar-refractivity contribution in [3.05, 3.63) is 53.5 Å². The van der Waals surface area contributed by atoms with Gasteiger partial charge in [-0.2, -0.15) is 0 Å². The van der Waals surface area contributed by atoms with Gasteiger partial charge in [-0.25, -0.2) is 4.98 Å². The average molecular weight is 494 g/mol. The zero-order valence-electron chi connectivity index (χ0n) is 19.7. The van der Waals surface area contributed by atoms with E-state index in [0.717, 1.165) is 16.3 Å². The zero-order chi connectivity index (χ0) is 24.4. The number of carbonyl (C=O) groups excluding carboxylic acids is 2. The second-order valence-corrected chi connectivity index (χ2v) is 9.71. The maximum absolute atomic E-state index is 13.0. The van der Waals surface area contributed by atoms with Crippen LogP contribution in [0.25, 0.3) is 10.6 Å². The second-order valence-electron chi connectivity index (χ2n) is 8.85. The number of nitrogens with zero attached hydrogens (tertiary/aromatic N) is 2. The van der Waals surface area contributed by atoms with Crippen molar-refractivity contribution in [2.24, 2.45) is 5.92 Å². The highest BCUT2D eigenvalue weighted by Gasteiger charge is 2.29. The van der Waals surface area contributed by atoms with E-state index in [1.807, 2.05) is 38.1 Å². The Bertz CT molecular complexity index is 1220. The summed E-state index contributed by atoms with van der Waals surface area (Å²) >= 11 is 1.45. The van der Waals surface area contributed by atoms with Crippen molar-refractivity contribution in [2.75, 3.05) is 25.2 Å². The van der Waals surface area contributed by atoms with Crippen LogP contribution in [0.3, 0.4) is 0 Å². The van der Waals surface area contributed by atoms with E-state index < -0.39 is 0 Å². The van der Waals surface area contributed by atoms with Crippen LogP contribution in [0.2, 0.25) is 0 Å². The maximum Gasteiger partial charge on any atom is 0.273 e. The molecule has 1 saturated heterocycles. The van der Waals surface area contributed by atoms with Crippen molar-refractivity contribution in [1.29, 1.82) is 0 Å². The number of aromatic nitrogens is 1. The first-order valence-electron chi connectivity index (χ1n) is 11.7. The summed E-state index contributed by atoms with van der Waals surface area (Å²) in [6.07, 6.45) is 1.33. The van der Waals surface area contributed by atoms with Crippen LogP contribution in [-0.2, 0) is 4.79 Å². The van der Waals surface area contributed by atoms with Crippen LogP contribution >= 0.6 is 11.3 Å². The number of hydrogen-bond donors (Lipinski definition) is 1. The predicted molar refractivity (Wildman–Crippen MR) is 133 cm³/mol. The Morgan fingerprint density at radius 2 is 1.83 bits per heavy atom. The molecule has 35 heavy (non-hydrogen) atoms. The molecule has 2 aliphatic heterocycles. The number of nitrogens with one attached hydrogen (secondary N) is 1. The van der Waals surface area contributed by atoms with Crippen molar-refractivity contribution < 1.29 is 23.8 Å². The lowest BCUT2D eigenvalue weighted by molar-refractivity contribution is -0.121. The monoisotopic (exact) mass is 493 g/mol. The number of benzene rings is 2. The van der Waals surface area contributed by atoms with Gasteiger partial charge in [0.2, 0.25) is 12.7 Å². The summed E-state index contributed by atoms with van der Waals surface area (Å²) in [6, 6.07) is 13.1. The first kappa shape index (κ1) is 23.2. The largest absolute Gasteiger partial charge is 0.491 e. The molecule has 0 bridgehead atoms. The molecule has 3 heterocycles. The van der Waals surface area contributed by atoms with Gasteiger partial charge in [-0.05, 0) is 63.1 Å². The molecule has 0 unspecified atom stereocenters. The number of amides is 2. The van der Waals surface area contributed by atoms with Gasteiger partial charge in [-0.3, -0.25) is 9.59 Å². The number of fused-ring (bicyclic) bond motifs is 1. The van der Waals surface area contributed by atoms with E-state index in [1.54, 1.807) is 28.5 Å². The Labute approximate surface area is 207 Å². The summed E-state index contributed by atoms with van der Waals surface area (Å²) in [5.74, 6) is 1.82. The number of rotatable bonds is 6. The van der Waals surface area contributed by atoms with E-state index >= 15 is 0 Å². The molecular weight excluding hydrogens is 466 g/mol. The number of ether oxygens (including phenoxy) is 3. The van der Waals surface area contributed by atoms with Crippen molar-refractivity contribution in [3.8, 4) is 27.8 Å². The molecule has 1 N–H and O–H groups in total. The molecule has 0 radical (unpaired) electrons. The van der Waals surface area contributed by atoms with Crippen molar-refractivity contribution in [1.82, 2.24) is 9.88 Å². The number of anilines is 1. The molecule has 0 atom stereocenters. The molecule has 2 aliphatic rings. The third kappa shape index (κ3) is 5.24. The van der Waals surface area contributed by atoms with Crippen LogP contribution in [0.1, 0.15) is 37.2 Å². The Kier molecular flexibility index (Phi) is 6.59. The highest BCUT2D eigenvalue weighted by Crippen LogP contribution is 2.34. The van der Waals surface area contributed by atoms with Gasteiger partial charge in [-0.15, -0.1) is 11.3 Å². The average Bonchev–Trinajstić information content (AvgIpc) is 3.53. The normalized spacial score (nSPS) is 15.3. The van der Waals surface area contributed by atoms with E-state index in [2.05, 4.69) is 10.3 Å². The van der Waals surface area contributed by atoms with Gasteiger partial charge in [0.15, 0.2) is 11.5 Å². The molecule has 1 aromatic heterocycles. The lowest BCUT2D eigenvalue weighted by atomic mass is 9.95. The van der Waals surface area contributed by atoms with E-state index in [0.29, 0.717) is 48.8 Å². The number of piperidine rings is 1. The van der Waals surface area contributed by atoms with Crippen LogP contribution in [0.15, 0.2) is 47.8 Å². The molecule has 2 amide bonds. The molecule has 0 spiro atoms.